The molecule has 0 saturated heterocycles. The summed E-state index contributed by atoms with van der Waals surface area (Å²) in [6.45, 7) is 6.91. The van der Waals surface area contributed by atoms with Crippen molar-refractivity contribution in [2.75, 3.05) is 13.2 Å². The lowest BCUT2D eigenvalue weighted by atomic mass is 10.2. The maximum Gasteiger partial charge on any atom is 0.125 e. The number of amidine groups is 1. The molecule has 0 atom stereocenters. The van der Waals surface area contributed by atoms with Crippen molar-refractivity contribution >= 4 is 5.84 Å². The van der Waals surface area contributed by atoms with Gasteiger partial charge in [-0.3, -0.25) is 4.99 Å². The van der Waals surface area contributed by atoms with Crippen LogP contribution in [0.4, 0.5) is 0 Å². The summed E-state index contributed by atoms with van der Waals surface area (Å²) >= 11 is 0. The minimum absolute atomic E-state index is 0.177. The SMILES string of the molecule is CCOC/C(=C/N)C(N)=NC(C)C. The highest BCUT2D eigenvalue weighted by molar-refractivity contribution is 5.97. The molecule has 4 nitrogen and oxygen atoms in total. The maximum atomic E-state index is 5.69. The monoisotopic (exact) mass is 185 g/mol. The molecule has 0 aromatic heterocycles. The summed E-state index contributed by atoms with van der Waals surface area (Å²) in [7, 11) is 0. The van der Waals surface area contributed by atoms with Crippen LogP contribution in [0.1, 0.15) is 20.8 Å². The topological polar surface area (TPSA) is 73.6 Å². The molecule has 0 radical (unpaired) electrons. The molecule has 0 heterocycles. The first-order chi connectivity index (χ1) is 6.11. The van der Waals surface area contributed by atoms with Crippen molar-refractivity contribution in [3.8, 4) is 0 Å². The molecule has 76 valence electrons. The van der Waals surface area contributed by atoms with Gasteiger partial charge >= 0.3 is 0 Å². The minimum Gasteiger partial charge on any atom is -0.404 e. The molecule has 0 amide bonds. The highest BCUT2D eigenvalue weighted by atomic mass is 16.5. The molecule has 0 bridgehead atoms. The summed E-state index contributed by atoms with van der Waals surface area (Å²) in [5.74, 6) is 0.464. The zero-order valence-corrected chi connectivity index (χ0v) is 8.58. The molecule has 0 spiro atoms. The highest BCUT2D eigenvalue weighted by Gasteiger charge is 2.02. The minimum atomic E-state index is 0.177. The largest absolute Gasteiger partial charge is 0.404 e. The summed E-state index contributed by atoms with van der Waals surface area (Å²) in [6.07, 6.45) is 1.44. The number of rotatable bonds is 5. The van der Waals surface area contributed by atoms with Gasteiger partial charge in [0.05, 0.1) is 6.61 Å². The molecule has 0 aliphatic carbocycles. The zero-order chi connectivity index (χ0) is 10.3. The number of nitrogens with two attached hydrogens (primary N) is 2. The highest BCUT2D eigenvalue weighted by Crippen LogP contribution is 1.96. The molecule has 4 heteroatoms. The summed E-state index contributed by atoms with van der Waals surface area (Å²) in [6, 6.07) is 0.177. The summed E-state index contributed by atoms with van der Waals surface area (Å²) in [5, 5.41) is 0. The van der Waals surface area contributed by atoms with Crippen LogP contribution in [-0.2, 0) is 4.74 Å². The second-order valence-corrected chi connectivity index (χ2v) is 2.94. The first-order valence-electron chi connectivity index (χ1n) is 4.44. The first kappa shape index (κ1) is 12.0. The van der Waals surface area contributed by atoms with Crippen molar-refractivity contribution in [1.29, 1.82) is 0 Å². The van der Waals surface area contributed by atoms with Crippen molar-refractivity contribution in [1.82, 2.24) is 0 Å². The summed E-state index contributed by atoms with van der Waals surface area (Å²) < 4.78 is 5.18. The van der Waals surface area contributed by atoms with Crippen molar-refractivity contribution in [3.63, 3.8) is 0 Å². The van der Waals surface area contributed by atoms with Crippen LogP contribution in [0.3, 0.4) is 0 Å². The van der Waals surface area contributed by atoms with E-state index in [1.165, 1.54) is 6.20 Å². The average Bonchev–Trinajstić information content (AvgIpc) is 2.04. The van der Waals surface area contributed by atoms with E-state index in [4.69, 9.17) is 16.2 Å². The van der Waals surface area contributed by atoms with Gasteiger partial charge in [0.25, 0.3) is 0 Å². The van der Waals surface area contributed by atoms with Gasteiger partial charge in [0, 0.05) is 24.4 Å². The Labute approximate surface area is 79.7 Å². The predicted molar refractivity (Wildman–Crippen MR) is 55.5 cm³/mol. The number of nitrogens with zero attached hydrogens (tertiary/aromatic N) is 1. The molecule has 0 rings (SSSR count). The Kier molecular flexibility index (Phi) is 5.97. The fourth-order valence-corrected chi connectivity index (χ4v) is 0.781. The van der Waals surface area contributed by atoms with Gasteiger partial charge in [-0.2, -0.15) is 0 Å². The van der Waals surface area contributed by atoms with Crippen LogP contribution >= 0.6 is 0 Å². The van der Waals surface area contributed by atoms with Crippen LogP contribution in [-0.4, -0.2) is 25.1 Å². The van der Waals surface area contributed by atoms with Crippen LogP contribution in [0, 0.1) is 0 Å². The third kappa shape index (κ3) is 5.25. The Morgan fingerprint density at radius 3 is 2.54 bits per heavy atom. The van der Waals surface area contributed by atoms with Gasteiger partial charge in [0.2, 0.25) is 0 Å². The van der Waals surface area contributed by atoms with Crippen LogP contribution < -0.4 is 11.5 Å². The van der Waals surface area contributed by atoms with Gasteiger partial charge < -0.3 is 16.2 Å². The molecule has 4 N–H and O–H groups in total. The van der Waals surface area contributed by atoms with Gasteiger partial charge in [0.1, 0.15) is 5.84 Å². The Morgan fingerprint density at radius 2 is 2.15 bits per heavy atom. The van der Waals surface area contributed by atoms with E-state index in [1.54, 1.807) is 0 Å². The fraction of sp³-hybridized carbons (Fsp3) is 0.667. The Morgan fingerprint density at radius 1 is 1.54 bits per heavy atom. The molecule has 0 aromatic rings. The third-order valence-electron chi connectivity index (χ3n) is 1.39. The van der Waals surface area contributed by atoms with Gasteiger partial charge in [-0.1, -0.05) is 0 Å². The van der Waals surface area contributed by atoms with Crippen LogP contribution in [0.2, 0.25) is 0 Å². The van der Waals surface area contributed by atoms with E-state index in [-0.39, 0.29) is 6.04 Å². The second-order valence-electron chi connectivity index (χ2n) is 2.94. The summed E-state index contributed by atoms with van der Waals surface area (Å²) in [5.41, 5.74) is 11.8. The number of hydrogen-bond donors (Lipinski definition) is 2. The quantitative estimate of drug-likeness (QED) is 0.487. The zero-order valence-electron chi connectivity index (χ0n) is 8.58. The molecular weight excluding hydrogens is 166 g/mol. The molecule has 0 aromatic carbocycles. The number of hydrogen-bond acceptors (Lipinski definition) is 3. The van der Waals surface area contributed by atoms with E-state index < -0.39 is 0 Å². The van der Waals surface area contributed by atoms with E-state index in [0.717, 1.165) is 5.57 Å². The molecule has 0 unspecified atom stereocenters. The van der Waals surface area contributed by atoms with E-state index in [9.17, 15) is 0 Å². The molecule has 0 aliphatic rings. The van der Waals surface area contributed by atoms with Crippen LogP contribution in [0.5, 0.6) is 0 Å². The van der Waals surface area contributed by atoms with E-state index >= 15 is 0 Å². The molecular formula is C9H19N3O. The standard InChI is InChI=1S/C9H19N3O/c1-4-13-6-8(5-10)9(11)12-7(2)3/h5,7H,4,6,10H2,1-3H3,(H2,11,12)/b8-5-. The third-order valence-corrected chi connectivity index (χ3v) is 1.39. The van der Waals surface area contributed by atoms with Crippen molar-refractivity contribution in [2.45, 2.75) is 26.8 Å². The molecule has 0 aliphatic heterocycles. The number of ether oxygens (including phenoxy) is 1. The lowest BCUT2D eigenvalue weighted by Gasteiger charge is -2.07. The molecule has 13 heavy (non-hydrogen) atoms. The van der Waals surface area contributed by atoms with Crippen molar-refractivity contribution in [3.05, 3.63) is 11.8 Å². The normalized spacial score (nSPS) is 13.8. The Balaban J connectivity index is 4.24. The fourth-order valence-electron chi connectivity index (χ4n) is 0.781. The molecule has 0 saturated carbocycles. The van der Waals surface area contributed by atoms with E-state index in [1.807, 2.05) is 20.8 Å². The first-order valence-corrected chi connectivity index (χ1v) is 4.44. The predicted octanol–water partition coefficient (Wildman–Crippen LogP) is 0.631. The van der Waals surface area contributed by atoms with Gasteiger partial charge in [-0.15, -0.1) is 0 Å². The van der Waals surface area contributed by atoms with Gasteiger partial charge in [-0.05, 0) is 20.8 Å². The summed E-state index contributed by atoms with van der Waals surface area (Å²) in [4.78, 5) is 4.17. The van der Waals surface area contributed by atoms with Crippen molar-refractivity contribution < 1.29 is 4.74 Å². The average molecular weight is 185 g/mol. The lowest BCUT2D eigenvalue weighted by Crippen LogP contribution is -2.21. The molecule has 0 fully saturated rings. The Hall–Kier alpha value is -1.03. The van der Waals surface area contributed by atoms with Gasteiger partial charge in [-0.25, -0.2) is 0 Å². The lowest BCUT2D eigenvalue weighted by molar-refractivity contribution is 0.174. The number of aliphatic imine (C=N–C) groups is 1. The smallest absolute Gasteiger partial charge is 0.125 e. The van der Waals surface area contributed by atoms with Gasteiger partial charge in [0.15, 0.2) is 0 Å². The van der Waals surface area contributed by atoms with Crippen LogP contribution in [0.15, 0.2) is 16.8 Å². The van der Waals surface area contributed by atoms with Crippen LogP contribution in [0.25, 0.3) is 0 Å². The maximum absolute atomic E-state index is 5.69. The Bertz CT molecular complexity index is 197. The van der Waals surface area contributed by atoms with E-state index in [0.29, 0.717) is 19.0 Å². The van der Waals surface area contributed by atoms with Crippen molar-refractivity contribution in [2.24, 2.45) is 16.5 Å². The second kappa shape index (κ2) is 6.48. The van der Waals surface area contributed by atoms with E-state index in [2.05, 4.69) is 4.99 Å².